The number of aryl methyl sites for hydroxylation is 1. The fourth-order valence-electron chi connectivity index (χ4n) is 8.36. The number of fused-ring (bicyclic) bond motifs is 6. The molecule has 0 saturated carbocycles. The summed E-state index contributed by atoms with van der Waals surface area (Å²) in [5.41, 5.74) is 13.9. The molecule has 0 saturated heterocycles. The summed E-state index contributed by atoms with van der Waals surface area (Å²) < 4.78 is 4.82. The van der Waals surface area contributed by atoms with Crippen LogP contribution in [0.25, 0.3) is 50.2 Å². The van der Waals surface area contributed by atoms with Gasteiger partial charge < -0.3 is 9.13 Å². The molecule has 0 aliphatic heterocycles. The van der Waals surface area contributed by atoms with E-state index in [1.54, 1.807) is 0 Å². The van der Waals surface area contributed by atoms with E-state index >= 15 is 0 Å². The molecule has 8 aromatic rings. The first kappa shape index (κ1) is 30.5. The Morgan fingerprint density at radius 2 is 0.800 bits per heavy atom. The van der Waals surface area contributed by atoms with Crippen LogP contribution in [0, 0.1) is 0 Å². The summed E-state index contributed by atoms with van der Waals surface area (Å²) in [6.07, 6.45) is 6.83. The second-order valence-electron chi connectivity index (χ2n) is 14.9. The first-order chi connectivity index (χ1) is 24.3. The van der Waals surface area contributed by atoms with E-state index in [-0.39, 0.29) is 10.8 Å². The Kier molecular flexibility index (Phi) is 7.00. The molecule has 0 N–H and O–H groups in total. The van der Waals surface area contributed by atoms with Gasteiger partial charge in [-0.15, -0.1) is 0 Å². The van der Waals surface area contributed by atoms with Gasteiger partial charge in [0, 0.05) is 44.1 Å². The highest BCUT2D eigenvalue weighted by Gasteiger charge is 2.27. The quantitative estimate of drug-likeness (QED) is 0.170. The van der Waals surface area contributed by atoms with E-state index in [1.807, 2.05) is 0 Å². The van der Waals surface area contributed by atoms with Gasteiger partial charge in [0.1, 0.15) is 0 Å². The zero-order chi connectivity index (χ0) is 34.0. The van der Waals surface area contributed by atoms with E-state index in [2.05, 4.69) is 195 Å². The van der Waals surface area contributed by atoms with Gasteiger partial charge in [0.15, 0.2) is 0 Å². The molecule has 244 valence electrons. The molecule has 2 heteroatoms. The Hall–Kier alpha value is -5.60. The number of allylic oxidation sites excluding steroid dienone is 1. The highest BCUT2D eigenvalue weighted by molar-refractivity contribution is 6.09. The number of hydrogen-bond donors (Lipinski definition) is 0. The summed E-state index contributed by atoms with van der Waals surface area (Å²) in [6.45, 7) is 9.34. The van der Waals surface area contributed by atoms with Gasteiger partial charge in [0.2, 0.25) is 0 Å². The van der Waals surface area contributed by atoms with Crippen LogP contribution in [-0.4, -0.2) is 9.13 Å². The largest absolute Gasteiger partial charge is 0.310 e. The molecule has 1 aliphatic carbocycles. The summed E-state index contributed by atoms with van der Waals surface area (Å²) in [5.74, 6) is 0. The molecule has 2 aromatic heterocycles. The lowest BCUT2D eigenvalue weighted by molar-refractivity contribution is 0.626. The molecular formula is C48H42N2. The number of benzene rings is 6. The van der Waals surface area contributed by atoms with Crippen LogP contribution in [0.5, 0.6) is 0 Å². The van der Waals surface area contributed by atoms with E-state index in [0.717, 1.165) is 12.8 Å². The standard InChI is InChI=1S/C48H42N2/c1-47(2,35-25-29-37(30-26-35)49-43-17-9-5-13-39(43)40-14-6-10-18-44(40)49)33-21-23-34(24-22-33)48(3,4)36-27-31-38(32-28-36)50-45-19-11-7-15-41(45)42-16-8-12-20-46(42)50/h5-7,9-15,17-32H,8,16H2,1-4H3. The Labute approximate surface area is 294 Å². The Morgan fingerprint density at radius 1 is 0.420 bits per heavy atom. The minimum atomic E-state index is -0.142. The molecule has 2 heterocycles. The number of nitrogens with zero attached hydrogens (tertiary/aromatic N) is 2. The molecule has 50 heavy (non-hydrogen) atoms. The molecular weight excluding hydrogens is 605 g/mol. The van der Waals surface area contributed by atoms with Crippen molar-refractivity contribution in [1.82, 2.24) is 9.13 Å². The lowest BCUT2D eigenvalue weighted by atomic mass is 9.74. The molecule has 1 aliphatic rings. The number of para-hydroxylation sites is 3. The van der Waals surface area contributed by atoms with Gasteiger partial charge in [-0.3, -0.25) is 0 Å². The second-order valence-corrected chi connectivity index (χ2v) is 14.9. The topological polar surface area (TPSA) is 9.86 Å². The average Bonchev–Trinajstić information content (AvgIpc) is 3.68. The van der Waals surface area contributed by atoms with Crippen LogP contribution < -0.4 is 0 Å². The summed E-state index contributed by atoms with van der Waals surface area (Å²) in [6, 6.07) is 54.0. The molecule has 0 fully saturated rings. The Morgan fingerprint density at radius 3 is 1.28 bits per heavy atom. The van der Waals surface area contributed by atoms with Crippen LogP contribution in [-0.2, 0) is 17.3 Å². The van der Waals surface area contributed by atoms with Crippen LogP contribution >= 0.6 is 0 Å². The van der Waals surface area contributed by atoms with E-state index in [4.69, 9.17) is 0 Å². The smallest absolute Gasteiger partial charge is 0.0541 e. The van der Waals surface area contributed by atoms with E-state index in [1.165, 1.54) is 77.6 Å². The van der Waals surface area contributed by atoms with Gasteiger partial charge in [-0.25, -0.2) is 0 Å². The second kappa shape index (κ2) is 11.5. The van der Waals surface area contributed by atoms with Crippen LogP contribution in [0.1, 0.15) is 67.6 Å². The van der Waals surface area contributed by atoms with Crippen molar-refractivity contribution in [2.75, 3.05) is 0 Å². The maximum atomic E-state index is 2.43. The first-order valence-corrected chi connectivity index (χ1v) is 17.9. The molecule has 0 amide bonds. The highest BCUT2D eigenvalue weighted by Crippen LogP contribution is 2.39. The molecule has 2 nitrogen and oxygen atoms in total. The molecule has 0 radical (unpaired) electrons. The third kappa shape index (κ3) is 4.70. The maximum absolute atomic E-state index is 2.43. The summed E-state index contributed by atoms with van der Waals surface area (Å²) >= 11 is 0. The monoisotopic (exact) mass is 646 g/mol. The summed E-state index contributed by atoms with van der Waals surface area (Å²) in [5, 5.41) is 3.95. The molecule has 9 rings (SSSR count). The molecule has 0 spiro atoms. The van der Waals surface area contributed by atoms with Crippen molar-refractivity contribution in [3.05, 3.63) is 185 Å². The minimum absolute atomic E-state index is 0.136. The van der Waals surface area contributed by atoms with Crippen molar-refractivity contribution in [3.8, 4) is 11.4 Å². The zero-order valence-corrected chi connectivity index (χ0v) is 29.3. The van der Waals surface area contributed by atoms with Gasteiger partial charge in [-0.05, 0) is 89.2 Å². The van der Waals surface area contributed by atoms with Crippen molar-refractivity contribution in [2.45, 2.75) is 51.4 Å². The van der Waals surface area contributed by atoms with Gasteiger partial charge in [-0.2, -0.15) is 0 Å². The summed E-state index contributed by atoms with van der Waals surface area (Å²) in [4.78, 5) is 0. The highest BCUT2D eigenvalue weighted by atomic mass is 15.0. The SMILES string of the molecule is CC(C)(c1ccc(-n2c3c(c4ccccc42)CCC=C3)cc1)c1ccc(C(C)(C)c2ccc(-n3c4ccccc4c4ccccc43)cc2)cc1. The third-order valence-corrected chi connectivity index (χ3v) is 11.5. The predicted octanol–water partition coefficient (Wildman–Crippen LogP) is 12.3. The van der Waals surface area contributed by atoms with Gasteiger partial charge >= 0.3 is 0 Å². The normalized spacial score (nSPS) is 13.4. The lowest BCUT2D eigenvalue weighted by Crippen LogP contribution is -2.21. The number of hydrogen-bond acceptors (Lipinski definition) is 0. The fraction of sp³-hybridized carbons (Fsp3) is 0.167. The number of rotatable bonds is 6. The van der Waals surface area contributed by atoms with Gasteiger partial charge in [-0.1, -0.05) is 137 Å². The van der Waals surface area contributed by atoms with Crippen molar-refractivity contribution in [1.29, 1.82) is 0 Å². The van der Waals surface area contributed by atoms with Crippen molar-refractivity contribution in [2.24, 2.45) is 0 Å². The van der Waals surface area contributed by atoms with Crippen molar-refractivity contribution in [3.63, 3.8) is 0 Å². The Balaban J connectivity index is 0.991. The molecule has 6 aromatic carbocycles. The van der Waals surface area contributed by atoms with Gasteiger partial charge in [0.05, 0.1) is 16.6 Å². The predicted molar refractivity (Wildman–Crippen MR) is 212 cm³/mol. The zero-order valence-electron chi connectivity index (χ0n) is 29.3. The maximum Gasteiger partial charge on any atom is 0.0541 e. The van der Waals surface area contributed by atoms with Crippen LogP contribution in [0.15, 0.2) is 152 Å². The van der Waals surface area contributed by atoms with Crippen LogP contribution in [0.2, 0.25) is 0 Å². The third-order valence-electron chi connectivity index (χ3n) is 11.5. The first-order valence-electron chi connectivity index (χ1n) is 17.9. The van der Waals surface area contributed by atoms with E-state index in [9.17, 15) is 0 Å². The van der Waals surface area contributed by atoms with Crippen molar-refractivity contribution >= 4 is 38.8 Å². The van der Waals surface area contributed by atoms with Crippen LogP contribution in [0.4, 0.5) is 0 Å². The average molecular weight is 647 g/mol. The van der Waals surface area contributed by atoms with E-state index < -0.39 is 0 Å². The fourth-order valence-corrected chi connectivity index (χ4v) is 8.36. The Bertz CT molecular complexity index is 2500. The van der Waals surface area contributed by atoms with Crippen LogP contribution in [0.3, 0.4) is 0 Å². The van der Waals surface area contributed by atoms with Crippen molar-refractivity contribution < 1.29 is 0 Å². The lowest BCUT2D eigenvalue weighted by Gasteiger charge is -2.30. The van der Waals surface area contributed by atoms with E-state index in [0.29, 0.717) is 0 Å². The molecule has 0 unspecified atom stereocenters. The van der Waals surface area contributed by atoms with Gasteiger partial charge in [0.25, 0.3) is 0 Å². The molecule has 0 atom stereocenters. The summed E-state index contributed by atoms with van der Waals surface area (Å²) in [7, 11) is 0. The minimum Gasteiger partial charge on any atom is -0.310 e. The number of aromatic nitrogens is 2. The molecule has 0 bridgehead atoms.